The molecule has 0 amide bonds. The number of fused-ring (bicyclic) bond motifs is 1. The Balaban J connectivity index is 2.11. The van der Waals surface area contributed by atoms with Gasteiger partial charge in [0.2, 0.25) is 0 Å². The van der Waals surface area contributed by atoms with Crippen LogP contribution in [0, 0.1) is 0 Å². The molecule has 8 heteroatoms. The molecule has 1 aliphatic rings. The maximum Gasteiger partial charge on any atom is 0.257 e. The molecule has 2 aromatic rings. The van der Waals surface area contributed by atoms with Gasteiger partial charge in [0, 0.05) is 30.0 Å². The van der Waals surface area contributed by atoms with Crippen LogP contribution in [0.25, 0.3) is 10.2 Å². The van der Waals surface area contributed by atoms with E-state index in [1.165, 1.54) is 11.3 Å². The van der Waals surface area contributed by atoms with Gasteiger partial charge in [0.15, 0.2) is 0 Å². The molecule has 1 aliphatic carbocycles. The quantitative estimate of drug-likeness (QED) is 0.448. The van der Waals surface area contributed by atoms with Gasteiger partial charge in [-0.15, -0.1) is 11.3 Å². The molecule has 1 fully saturated rings. The number of rotatable bonds is 4. The van der Waals surface area contributed by atoms with E-state index in [-0.39, 0.29) is 6.42 Å². The van der Waals surface area contributed by atoms with Gasteiger partial charge in [0.05, 0.1) is 26.3 Å². The van der Waals surface area contributed by atoms with Gasteiger partial charge in [0.1, 0.15) is 5.15 Å². The Hall–Kier alpha value is -0.760. The van der Waals surface area contributed by atoms with Crippen LogP contribution in [-0.4, -0.2) is 23.5 Å². The number of thiophene rings is 1. The van der Waals surface area contributed by atoms with Crippen LogP contribution in [0.2, 0.25) is 5.15 Å². The Morgan fingerprint density at radius 2 is 2.32 bits per heavy atom. The van der Waals surface area contributed by atoms with Crippen LogP contribution in [0.1, 0.15) is 37.0 Å². The minimum absolute atomic E-state index is 0.132. The SMILES string of the molecule is C/C=C/CNc1cc(Cl)nc2c(Br)c([C@H]3[C@H](N)CCCC3(F)F)sc12. The summed E-state index contributed by atoms with van der Waals surface area (Å²) >= 11 is 10.9. The zero-order valence-corrected chi connectivity index (χ0v) is 16.8. The molecule has 3 rings (SSSR count). The summed E-state index contributed by atoms with van der Waals surface area (Å²) in [5.74, 6) is -3.82. The van der Waals surface area contributed by atoms with Gasteiger partial charge in [-0.2, -0.15) is 0 Å². The van der Waals surface area contributed by atoms with Crippen LogP contribution in [-0.2, 0) is 0 Å². The third kappa shape index (κ3) is 3.70. The number of allylic oxidation sites excluding steroid dienone is 1. The molecule has 0 saturated heterocycles. The first-order chi connectivity index (χ1) is 11.8. The maximum absolute atomic E-state index is 14.6. The molecule has 1 saturated carbocycles. The van der Waals surface area contributed by atoms with E-state index < -0.39 is 17.9 Å². The third-order valence-electron chi connectivity index (χ3n) is 4.44. The predicted molar refractivity (Wildman–Crippen MR) is 105 cm³/mol. The largest absolute Gasteiger partial charge is 0.380 e. The van der Waals surface area contributed by atoms with Crippen molar-refractivity contribution in [1.29, 1.82) is 0 Å². The molecular weight excluding hydrogens is 432 g/mol. The van der Waals surface area contributed by atoms with Gasteiger partial charge >= 0.3 is 0 Å². The zero-order chi connectivity index (χ0) is 18.2. The maximum atomic E-state index is 14.6. The molecule has 2 heterocycles. The Morgan fingerprint density at radius 3 is 3.00 bits per heavy atom. The summed E-state index contributed by atoms with van der Waals surface area (Å²) in [6, 6.07) is 1.15. The highest BCUT2D eigenvalue weighted by Crippen LogP contribution is 2.51. The number of pyridine rings is 1. The van der Waals surface area contributed by atoms with Gasteiger partial charge in [-0.3, -0.25) is 0 Å². The lowest BCUT2D eigenvalue weighted by atomic mass is 9.81. The fourth-order valence-corrected chi connectivity index (χ4v) is 5.71. The van der Waals surface area contributed by atoms with E-state index in [1.807, 2.05) is 19.1 Å². The third-order valence-corrected chi connectivity index (χ3v) is 6.99. The van der Waals surface area contributed by atoms with Crippen molar-refractivity contribution < 1.29 is 8.78 Å². The molecule has 0 spiro atoms. The van der Waals surface area contributed by atoms with E-state index in [0.29, 0.717) is 39.4 Å². The minimum Gasteiger partial charge on any atom is -0.380 e. The molecule has 0 bridgehead atoms. The standard InChI is InChI=1S/C17H19BrClF2N3S/c1-2-3-7-23-10-8-11(19)24-14-13(18)16(25-15(10)14)12-9(22)5-4-6-17(12,20)21/h2-3,8-9,12H,4-7,22H2,1H3,(H,23,24)/b3-2+/t9-,12-/m1/s1. The van der Waals surface area contributed by atoms with Crippen LogP contribution < -0.4 is 11.1 Å². The molecule has 0 radical (unpaired) electrons. The Bertz CT molecular complexity index is 809. The van der Waals surface area contributed by atoms with E-state index in [4.69, 9.17) is 17.3 Å². The number of hydrogen-bond acceptors (Lipinski definition) is 4. The summed E-state index contributed by atoms with van der Waals surface area (Å²) in [5.41, 5.74) is 7.47. The topological polar surface area (TPSA) is 50.9 Å². The highest BCUT2D eigenvalue weighted by Gasteiger charge is 2.48. The lowest BCUT2D eigenvalue weighted by Gasteiger charge is -2.35. The van der Waals surface area contributed by atoms with Gasteiger partial charge in [0.25, 0.3) is 5.92 Å². The van der Waals surface area contributed by atoms with Crippen molar-refractivity contribution in [3.8, 4) is 0 Å². The van der Waals surface area contributed by atoms with Crippen LogP contribution >= 0.6 is 38.9 Å². The number of hydrogen-bond donors (Lipinski definition) is 2. The fourth-order valence-electron chi connectivity index (χ4n) is 3.24. The molecule has 136 valence electrons. The van der Waals surface area contributed by atoms with Crippen molar-refractivity contribution in [3.05, 3.63) is 32.7 Å². The van der Waals surface area contributed by atoms with Gasteiger partial charge < -0.3 is 11.1 Å². The van der Waals surface area contributed by atoms with Crippen molar-refractivity contribution in [2.24, 2.45) is 5.73 Å². The highest BCUT2D eigenvalue weighted by atomic mass is 79.9. The van der Waals surface area contributed by atoms with Crippen molar-refractivity contribution >= 4 is 54.8 Å². The molecule has 0 unspecified atom stereocenters. The van der Waals surface area contributed by atoms with E-state index in [1.54, 1.807) is 6.07 Å². The molecule has 3 N–H and O–H groups in total. The van der Waals surface area contributed by atoms with Gasteiger partial charge in [-0.1, -0.05) is 23.8 Å². The summed E-state index contributed by atoms with van der Waals surface area (Å²) in [5, 5.41) is 3.58. The number of aromatic nitrogens is 1. The lowest BCUT2D eigenvalue weighted by Crippen LogP contribution is -2.43. The average molecular weight is 451 g/mol. The van der Waals surface area contributed by atoms with Crippen molar-refractivity contribution in [2.75, 3.05) is 11.9 Å². The number of nitrogens with one attached hydrogen (secondary N) is 1. The second kappa shape index (κ2) is 7.47. The van der Waals surface area contributed by atoms with Gasteiger partial charge in [-0.25, -0.2) is 13.8 Å². The molecule has 2 aromatic heterocycles. The first-order valence-corrected chi connectivity index (χ1v) is 10.1. The Morgan fingerprint density at radius 1 is 1.56 bits per heavy atom. The lowest BCUT2D eigenvalue weighted by molar-refractivity contribution is -0.0603. The van der Waals surface area contributed by atoms with E-state index in [9.17, 15) is 8.78 Å². The number of halogens is 4. The summed E-state index contributed by atoms with van der Waals surface area (Å²) in [7, 11) is 0. The molecular formula is C17H19BrClF2N3S. The number of nitrogens with two attached hydrogens (primary N) is 1. The first-order valence-electron chi connectivity index (χ1n) is 8.12. The first kappa shape index (κ1) is 19.0. The number of anilines is 1. The van der Waals surface area contributed by atoms with E-state index in [0.717, 1.165) is 10.4 Å². The fraction of sp³-hybridized carbons (Fsp3) is 0.471. The smallest absolute Gasteiger partial charge is 0.257 e. The highest BCUT2D eigenvalue weighted by molar-refractivity contribution is 9.10. The normalized spacial score (nSPS) is 23.4. The monoisotopic (exact) mass is 449 g/mol. The molecule has 3 nitrogen and oxygen atoms in total. The zero-order valence-electron chi connectivity index (χ0n) is 13.7. The van der Waals surface area contributed by atoms with Crippen molar-refractivity contribution in [3.63, 3.8) is 0 Å². The van der Waals surface area contributed by atoms with Crippen LogP contribution in [0.15, 0.2) is 22.7 Å². The van der Waals surface area contributed by atoms with Crippen molar-refractivity contribution in [1.82, 2.24) is 4.98 Å². The van der Waals surface area contributed by atoms with E-state index >= 15 is 0 Å². The summed E-state index contributed by atoms with van der Waals surface area (Å²) < 4.78 is 30.5. The molecule has 25 heavy (non-hydrogen) atoms. The minimum atomic E-state index is -2.82. The summed E-state index contributed by atoms with van der Waals surface area (Å²) in [4.78, 5) is 4.89. The average Bonchev–Trinajstić information content (AvgIpc) is 2.84. The molecule has 0 aromatic carbocycles. The predicted octanol–water partition coefficient (Wildman–Crippen LogP) is 5.93. The number of alkyl halides is 2. The Labute approximate surface area is 162 Å². The van der Waals surface area contributed by atoms with Crippen LogP contribution in [0.3, 0.4) is 0 Å². The second-order valence-corrected chi connectivity index (χ2v) is 8.43. The molecule has 0 aliphatic heterocycles. The van der Waals surface area contributed by atoms with Gasteiger partial charge in [-0.05, 0) is 35.7 Å². The Kier molecular flexibility index (Phi) is 5.68. The number of nitrogens with zero attached hydrogens (tertiary/aromatic N) is 1. The summed E-state index contributed by atoms with van der Waals surface area (Å²) in [6.45, 7) is 2.55. The molecule has 2 atom stereocenters. The summed E-state index contributed by atoms with van der Waals surface area (Å²) in [6.07, 6.45) is 4.82. The van der Waals surface area contributed by atoms with Crippen molar-refractivity contribution in [2.45, 2.75) is 44.1 Å². The second-order valence-electron chi connectivity index (χ2n) is 6.20. The van der Waals surface area contributed by atoms with E-state index in [2.05, 4.69) is 26.2 Å². The van der Waals surface area contributed by atoms with Crippen LogP contribution in [0.4, 0.5) is 14.5 Å². The van der Waals surface area contributed by atoms with Crippen LogP contribution in [0.5, 0.6) is 0 Å².